The molecule has 0 amide bonds. The van der Waals surface area contributed by atoms with Crippen LogP contribution in [0.1, 0.15) is 24.0 Å². The van der Waals surface area contributed by atoms with Gasteiger partial charge in [-0.2, -0.15) is 5.10 Å². The fourth-order valence-electron chi connectivity index (χ4n) is 4.85. The molecule has 0 N–H and O–H groups in total. The SMILES string of the molecule is COc1ccc(CN2CCN3[C@@H](COC[C@@H]3C3CC3)C2)cc1Cn1cccn1. The Morgan fingerprint density at radius 2 is 2.11 bits per heavy atom. The lowest BCUT2D eigenvalue weighted by Gasteiger charge is -2.48. The maximum absolute atomic E-state index is 5.96. The summed E-state index contributed by atoms with van der Waals surface area (Å²) in [7, 11) is 1.74. The van der Waals surface area contributed by atoms with Crippen LogP contribution in [-0.2, 0) is 17.8 Å². The fourth-order valence-corrected chi connectivity index (χ4v) is 4.85. The summed E-state index contributed by atoms with van der Waals surface area (Å²) < 4.78 is 13.5. The van der Waals surface area contributed by atoms with Gasteiger partial charge >= 0.3 is 0 Å². The summed E-state index contributed by atoms with van der Waals surface area (Å²) in [5.74, 6) is 1.82. The van der Waals surface area contributed by atoms with Crippen LogP contribution in [0.2, 0.25) is 0 Å². The van der Waals surface area contributed by atoms with Gasteiger partial charge in [0.2, 0.25) is 0 Å². The van der Waals surface area contributed by atoms with Crippen LogP contribution < -0.4 is 4.74 Å². The Bertz CT molecular complexity index is 790. The summed E-state index contributed by atoms with van der Waals surface area (Å²) >= 11 is 0. The summed E-state index contributed by atoms with van der Waals surface area (Å²) in [5, 5.41) is 4.34. The highest BCUT2D eigenvalue weighted by Gasteiger charge is 2.42. The molecule has 0 unspecified atom stereocenters. The molecular weight excluding hydrogens is 352 g/mol. The first-order valence-electron chi connectivity index (χ1n) is 10.5. The van der Waals surface area contributed by atoms with Crippen molar-refractivity contribution in [3.63, 3.8) is 0 Å². The molecule has 0 radical (unpaired) electrons. The number of hydrogen-bond acceptors (Lipinski definition) is 5. The van der Waals surface area contributed by atoms with Gasteiger partial charge in [-0.1, -0.05) is 6.07 Å². The first-order chi connectivity index (χ1) is 13.8. The van der Waals surface area contributed by atoms with E-state index in [-0.39, 0.29) is 0 Å². The van der Waals surface area contributed by atoms with Gasteiger partial charge in [0.1, 0.15) is 5.75 Å². The Kier molecular flexibility index (Phi) is 5.09. The van der Waals surface area contributed by atoms with Crippen LogP contribution in [0, 0.1) is 5.92 Å². The van der Waals surface area contributed by atoms with Gasteiger partial charge in [0, 0.05) is 56.2 Å². The van der Waals surface area contributed by atoms with E-state index in [0.717, 1.165) is 51.1 Å². The summed E-state index contributed by atoms with van der Waals surface area (Å²) in [6.07, 6.45) is 6.60. The van der Waals surface area contributed by atoms with Crippen LogP contribution in [0.25, 0.3) is 0 Å². The molecule has 2 aliphatic heterocycles. The van der Waals surface area contributed by atoms with E-state index in [1.54, 1.807) is 7.11 Å². The van der Waals surface area contributed by atoms with Gasteiger partial charge in [-0.25, -0.2) is 0 Å². The molecule has 150 valence electrons. The predicted octanol–water partition coefficient (Wildman–Crippen LogP) is 2.23. The highest BCUT2D eigenvalue weighted by Crippen LogP contribution is 2.38. The predicted molar refractivity (Wildman–Crippen MR) is 107 cm³/mol. The van der Waals surface area contributed by atoms with Gasteiger partial charge in [-0.15, -0.1) is 0 Å². The molecule has 1 aromatic carbocycles. The maximum Gasteiger partial charge on any atom is 0.123 e. The molecule has 2 saturated heterocycles. The lowest BCUT2D eigenvalue weighted by molar-refractivity contribution is -0.0880. The van der Waals surface area contributed by atoms with E-state index in [2.05, 4.69) is 33.1 Å². The number of rotatable bonds is 6. The molecule has 28 heavy (non-hydrogen) atoms. The lowest BCUT2D eigenvalue weighted by Crippen LogP contribution is -2.62. The van der Waals surface area contributed by atoms with Gasteiger partial charge in [0.15, 0.2) is 0 Å². The van der Waals surface area contributed by atoms with Crippen molar-refractivity contribution in [2.45, 2.75) is 38.0 Å². The van der Waals surface area contributed by atoms with Gasteiger partial charge in [0.25, 0.3) is 0 Å². The van der Waals surface area contributed by atoms with Gasteiger partial charge < -0.3 is 9.47 Å². The third kappa shape index (κ3) is 3.81. The average Bonchev–Trinajstić information content (AvgIpc) is 3.44. The number of nitrogens with zero attached hydrogens (tertiary/aromatic N) is 4. The van der Waals surface area contributed by atoms with Crippen molar-refractivity contribution < 1.29 is 9.47 Å². The summed E-state index contributed by atoms with van der Waals surface area (Å²) in [5.41, 5.74) is 2.52. The number of benzene rings is 1. The smallest absolute Gasteiger partial charge is 0.123 e. The largest absolute Gasteiger partial charge is 0.496 e. The van der Waals surface area contributed by atoms with Crippen molar-refractivity contribution in [1.29, 1.82) is 0 Å². The van der Waals surface area contributed by atoms with E-state index < -0.39 is 0 Å². The topological polar surface area (TPSA) is 42.8 Å². The minimum absolute atomic E-state index is 0.551. The number of ether oxygens (including phenoxy) is 2. The zero-order valence-electron chi connectivity index (χ0n) is 16.7. The number of hydrogen-bond donors (Lipinski definition) is 0. The zero-order chi connectivity index (χ0) is 18.9. The van der Waals surface area contributed by atoms with E-state index in [9.17, 15) is 0 Å². The monoisotopic (exact) mass is 382 g/mol. The van der Waals surface area contributed by atoms with Crippen LogP contribution in [0.15, 0.2) is 36.7 Å². The summed E-state index contributed by atoms with van der Waals surface area (Å²) in [6, 6.07) is 9.74. The van der Waals surface area contributed by atoms with Crippen molar-refractivity contribution >= 4 is 0 Å². The molecule has 5 rings (SSSR count). The van der Waals surface area contributed by atoms with Crippen molar-refractivity contribution in [2.24, 2.45) is 5.92 Å². The first-order valence-corrected chi connectivity index (χ1v) is 10.5. The molecule has 1 aromatic heterocycles. The quantitative estimate of drug-likeness (QED) is 0.767. The lowest BCUT2D eigenvalue weighted by atomic mass is 10.0. The number of morpholine rings is 1. The molecule has 2 aromatic rings. The second-order valence-corrected chi connectivity index (χ2v) is 8.42. The van der Waals surface area contributed by atoms with Crippen LogP contribution >= 0.6 is 0 Å². The van der Waals surface area contributed by atoms with Crippen LogP contribution in [0.3, 0.4) is 0 Å². The van der Waals surface area contributed by atoms with Gasteiger partial charge in [-0.05, 0) is 42.5 Å². The molecule has 0 bridgehead atoms. The summed E-state index contributed by atoms with van der Waals surface area (Å²) in [4.78, 5) is 5.33. The Morgan fingerprint density at radius 3 is 2.89 bits per heavy atom. The molecule has 6 nitrogen and oxygen atoms in total. The Labute approximate surface area is 167 Å². The van der Waals surface area contributed by atoms with E-state index in [4.69, 9.17) is 9.47 Å². The molecule has 3 aliphatic rings. The number of methoxy groups -OCH3 is 1. The average molecular weight is 383 g/mol. The fraction of sp³-hybridized carbons (Fsp3) is 0.591. The van der Waals surface area contributed by atoms with Crippen molar-refractivity contribution in [2.75, 3.05) is 40.0 Å². The molecule has 6 heteroatoms. The molecule has 3 fully saturated rings. The Hall–Kier alpha value is -1.89. The Balaban J connectivity index is 1.26. The molecule has 2 atom stereocenters. The van der Waals surface area contributed by atoms with E-state index in [1.807, 2.05) is 23.1 Å². The standard InChI is InChI=1S/C22H30N4O2/c1-27-22-6-3-17(11-19(22)13-25-8-2-7-23-25)12-24-9-10-26-20(14-24)15-28-16-21(26)18-4-5-18/h2-3,6-8,11,18,20-21H,4-5,9-10,12-16H2,1H3/t20-,21-/m1/s1. The second-order valence-electron chi connectivity index (χ2n) is 8.42. The third-order valence-corrected chi connectivity index (χ3v) is 6.45. The van der Waals surface area contributed by atoms with Crippen LogP contribution in [-0.4, -0.2) is 71.6 Å². The Morgan fingerprint density at radius 1 is 1.18 bits per heavy atom. The van der Waals surface area contributed by atoms with Crippen LogP contribution in [0.4, 0.5) is 0 Å². The molecule has 1 aliphatic carbocycles. The molecule has 3 heterocycles. The van der Waals surface area contributed by atoms with Crippen LogP contribution in [0.5, 0.6) is 5.75 Å². The maximum atomic E-state index is 5.96. The minimum atomic E-state index is 0.551. The number of fused-ring (bicyclic) bond motifs is 1. The normalized spacial score (nSPS) is 26.2. The van der Waals surface area contributed by atoms with Crippen molar-refractivity contribution in [3.05, 3.63) is 47.8 Å². The first kappa shape index (κ1) is 18.2. The van der Waals surface area contributed by atoms with E-state index in [0.29, 0.717) is 12.1 Å². The number of aromatic nitrogens is 2. The highest BCUT2D eigenvalue weighted by molar-refractivity contribution is 5.37. The van der Waals surface area contributed by atoms with Crippen molar-refractivity contribution in [1.82, 2.24) is 19.6 Å². The summed E-state index contributed by atoms with van der Waals surface area (Å²) in [6.45, 7) is 6.95. The van der Waals surface area contributed by atoms with E-state index >= 15 is 0 Å². The van der Waals surface area contributed by atoms with Crippen molar-refractivity contribution in [3.8, 4) is 5.75 Å². The second kappa shape index (κ2) is 7.85. The number of piperazine rings is 1. The molecular formula is C22H30N4O2. The van der Waals surface area contributed by atoms with Gasteiger partial charge in [0.05, 0.1) is 26.9 Å². The zero-order valence-corrected chi connectivity index (χ0v) is 16.7. The van der Waals surface area contributed by atoms with E-state index in [1.165, 1.54) is 30.5 Å². The van der Waals surface area contributed by atoms with Gasteiger partial charge in [-0.3, -0.25) is 14.5 Å². The third-order valence-electron chi connectivity index (χ3n) is 6.45. The molecule has 0 spiro atoms. The minimum Gasteiger partial charge on any atom is -0.496 e. The molecule has 1 saturated carbocycles. The highest BCUT2D eigenvalue weighted by atomic mass is 16.5.